The second-order valence-corrected chi connectivity index (χ2v) is 4.54. The number of rotatable bonds is 1. The molecule has 2 aromatic rings. The first kappa shape index (κ1) is 10.5. The Labute approximate surface area is 99.9 Å². The van der Waals surface area contributed by atoms with Gasteiger partial charge in [-0.1, -0.05) is 24.3 Å². The van der Waals surface area contributed by atoms with Crippen molar-refractivity contribution < 1.29 is 5.11 Å². The SMILES string of the molecule is Cc1nnc(N2CCC(O)C2)c2ccccc12. The van der Waals surface area contributed by atoms with Crippen molar-refractivity contribution in [3.8, 4) is 0 Å². The molecule has 0 spiro atoms. The highest BCUT2D eigenvalue weighted by atomic mass is 16.3. The van der Waals surface area contributed by atoms with E-state index in [2.05, 4.69) is 27.2 Å². The largest absolute Gasteiger partial charge is 0.391 e. The fraction of sp³-hybridized carbons (Fsp3) is 0.385. The van der Waals surface area contributed by atoms with Crippen molar-refractivity contribution in [1.29, 1.82) is 0 Å². The van der Waals surface area contributed by atoms with Gasteiger partial charge >= 0.3 is 0 Å². The molecule has 17 heavy (non-hydrogen) atoms. The van der Waals surface area contributed by atoms with Crippen LogP contribution in [0, 0.1) is 6.92 Å². The van der Waals surface area contributed by atoms with Gasteiger partial charge in [-0.25, -0.2) is 0 Å². The third-order valence-electron chi connectivity index (χ3n) is 3.32. The summed E-state index contributed by atoms with van der Waals surface area (Å²) in [6.07, 6.45) is 0.570. The van der Waals surface area contributed by atoms with Gasteiger partial charge in [-0.15, -0.1) is 5.10 Å². The molecular weight excluding hydrogens is 214 g/mol. The summed E-state index contributed by atoms with van der Waals surface area (Å²) in [7, 11) is 0. The van der Waals surface area contributed by atoms with Crippen LogP contribution in [0.3, 0.4) is 0 Å². The van der Waals surface area contributed by atoms with E-state index in [1.165, 1.54) is 0 Å². The zero-order chi connectivity index (χ0) is 11.8. The summed E-state index contributed by atoms with van der Waals surface area (Å²) >= 11 is 0. The summed E-state index contributed by atoms with van der Waals surface area (Å²) in [5.41, 5.74) is 0.948. The van der Waals surface area contributed by atoms with Crippen LogP contribution in [-0.4, -0.2) is 34.5 Å². The highest BCUT2D eigenvalue weighted by Gasteiger charge is 2.23. The van der Waals surface area contributed by atoms with Crippen molar-refractivity contribution >= 4 is 16.6 Å². The van der Waals surface area contributed by atoms with Crippen LogP contribution in [0.25, 0.3) is 10.8 Å². The molecule has 0 radical (unpaired) electrons. The summed E-state index contributed by atoms with van der Waals surface area (Å²) in [6.45, 7) is 3.47. The number of aliphatic hydroxyl groups is 1. The molecule has 0 aliphatic carbocycles. The fourth-order valence-corrected chi connectivity index (χ4v) is 2.39. The molecule has 3 rings (SSSR count). The van der Waals surface area contributed by atoms with Gasteiger partial charge in [0.2, 0.25) is 0 Å². The smallest absolute Gasteiger partial charge is 0.159 e. The first-order valence-corrected chi connectivity index (χ1v) is 5.91. The number of benzene rings is 1. The minimum absolute atomic E-state index is 0.239. The zero-order valence-electron chi connectivity index (χ0n) is 9.80. The van der Waals surface area contributed by atoms with Crippen LogP contribution in [0.2, 0.25) is 0 Å². The van der Waals surface area contributed by atoms with Gasteiger partial charge < -0.3 is 10.0 Å². The maximum absolute atomic E-state index is 9.60. The molecule has 1 aliphatic heterocycles. The Morgan fingerprint density at radius 2 is 2.00 bits per heavy atom. The highest BCUT2D eigenvalue weighted by molar-refractivity contribution is 5.93. The Kier molecular flexibility index (Phi) is 2.44. The zero-order valence-corrected chi connectivity index (χ0v) is 9.80. The van der Waals surface area contributed by atoms with Gasteiger partial charge in [0.15, 0.2) is 5.82 Å². The first-order valence-electron chi connectivity index (χ1n) is 5.91. The van der Waals surface area contributed by atoms with E-state index < -0.39 is 0 Å². The average Bonchev–Trinajstić information content (AvgIpc) is 2.77. The molecule has 1 saturated heterocycles. The van der Waals surface area contributed by atoms with E-state index >= 15 is 0 Å². The minimum atomic E-state index is -0.239. The van der Waals surface area contributed by atoms with Gasteiger partial charge in [0.1, 0.15) is 0 Å². The molecule has 1 aromatic carbocycles. The third-order valence-corrected chi connectivity index (χ3v) is 3.32. The van der Waals surface area contributed by atoms with Gasteiger partial charge in [0.25, 0.3) is 0 Å². The second kappa shape index (κ2) is 3.96. The van der Waals surface area contributed by atoms with Crippen LogP contribution in [0.1, 0.15) is 12.1 Å². The molecule has 1 fully saturated rings. The molecule has 4 heteroatoms. The molecule has 2 heterocycles. The van der Waals surface area contributed by atoms with E-state index in [-0.39, 0.29) is 6.10 Å². The van der Waals surface area contributed by atoms with E-state index in [4.69, 9.17) is 0 Å². The van der Waals surface area contributed by atoms with Gasteiger partial charge in [0.05, 0.1) is 11.8 Å². The molecule has 88 valence electrons. The number of aryl methyl sites for hydroxylation is 1. The fourth-order valence-electron chi connectivity index (χ4n) is 2.39. The van der Waals surface area contributed by atoms with Gasteiger partial charge in [-0.2, -0.15) is 5.10 Å². The number of β-amino-alcohol motifs (C(OH)–C–C–N with tert-alkyl or cyclic N) is 1. The van der Waals surface area contributed by atoms with Crippen molar-refractivity contribution in [1.82, 2.24) is 10.2 Å². The molecule has 0 amide bonds. The summed E-state index contributed by atoms with van der Waals surface area (Å²) in [5.74, 6) is 0.891. The lowest BCUT2D eigenvalue weighted by molar-refractivity contribution is 0.198. The van der Waals surface area contributed by atoms with Crippen LogP contribution in [-0.2, 0) is 0 Å². The van der Waals surface area contributed by atoms with E-state index in [0.29, 0.717) is 6.54 Å². The number of nitrogens with zero attached hydrogens (tertiary/aromatic N) is 3. The van der Waals surface area contributed by atoms with Gasteiger partial charge in [-0.05, 0) is 13.3 Å². The predicted octanol–water partition coefficient (Wildman–Crippen LogP) is 1.51. The highest BCUT2D eigenvalue weighted by Crippen LogP contribution is 2.27. The minimum Gasteiger partial charge on any atom is -0.391 e. The number of hydrogen-bond acceptors (Lipinski definition) is 4. The lowest BCUT2D eigenvalue weighted by Gasteiger charge is -2.18. The lowest BCUT2D eigenvalue weighted by atomic mass is 10.1. The summed E-state index contributed by atoms with van der Waals surface area (Å²) in [4.78, 5) is 2.11. The molecular formula is C13H15N3O. The molecule has 1 unspecified atom stereocenters. The van der Waals surface area contributed by atoms with Crippen molar-refractivity contribution in [2.24, 2.45) is 0 Å². The maximum Gasteiger partial charge on any atom is 0.159 e. The number of hydrogen-bond donors (Lipinski definition) is 1. The van der Waals surface area contributed by atoms with E-state index in [0.717, 1.165) is 35.2 Å². The third kappa shape index (κ3) is 1.74. The summed E-state index contributed by atoms with van der Waals surface area (Å²) in [5, 5.41) is 20.3. The molecule has 1 atom stereocenters. The van der Waals surface area contributed by atoms with Gasteiger partial charge in [0, 0.05) is 23.9 Å². The average molecular weight is 229 g/mol. The Balaban J connectivity index is 2.14. The predicted molar refractivity (Wildman–Crippen MR) is 67.1 cm³/mol. The standard InChI is InChI=1S/C13H15N3O/c1-9-11-4-2-3-5-12(11)13(15-14-9)16-7-6-10(17)8-16/h2-5,10,17H,6-8H2,1H3. The van der Waals surface area contributed by atoms with Crippen molar-refractivity contribution in [2.75, 3.05) is 18.0 Å². The molecule has 4 nitrogen and oxygen atoms in total. The number of anilines is 1. The summed E-state index contributed by atoms with van der Waals surface area (Å²) in [6, 6.07) is 8.16. The number of fused-ring (bicyclic) bond motifs is 1. The normalized spacial score (nSPS) is 20.1. The van der Waals surface area contributed by atoms with Crippen LogP contribution < -0.4 is 4.90 Å². The topological polar surface area (TPSA) is 49.2 Å². The molecule has 1 N–H and O–H groups in total. The second-order valence-electron chi connectivity index (χ2n) is 4.54. The van der Waals surface area contributed by atoms with E-state index in [1.807, 2.05) is 19.1 Å². The number of aromatic nitrogens is 2. The monoisotopic (exact) mass is 229 g/mol. The molecule has 1 aromatic heterocycles. The van der Waals surface area contributed by atoms with Crippen molar-refractivity contribution in [3.05, 3.63) is 30.0 Å². The van der Waals surface area contributed by atoms with Crippen molar-refractivity contribution in [3.63, 3.8) is 0 Å². The van der Waals surface area contributed by atoms with Crippen LogP contribution in [0.15, 0.2) is 24.3 Å². The van der Waals surface area contributed by atoms with Crippen LogP contribution in [0.4, 0.5) is 5.82 Å². The van der Waals surface area contributed by atoms with Crippen LogP contribution >= 0.6 is 0 Å². The van der Waals surface area contributed by atoms with Crippen LogP contribution in [0.5, 0.6) is 0 Å². The molecule has 1 aliphatic rings. The molecule has 0 bridgehead atoms. The van der Waals surface area contributed by atoms with E-state index in [9.17, 15) is 5.11 Å². The maximum atomic E-state index is 9.60. The lowest BCUT2D eigenvalue weighted by Crippen LogP contribution is -2.23. The molecule has 0 saturated carbocycles. The summed E-state index contributed by atoms with van der Waals surface area (Å²) < 4.78 is 0. The van der Waals surface area contributed by atoms with E-state index in [1.54, 1.807) is 0 Å². The quantitative estimate of drug-likeness (QED) is 0.805. The first-order chi connectivity index (χ1) is 8.25. The Morgan fingerprint density at radius 3 is 2.71 bits per heavy atom. The van der Waals surface area contributed by atoms with Crippen molar-refractivity contribution in [2.45, 2.75) is 19.4 Å². The Hall–Kier alpha value is -1.68. The number of aliphatic hydroxyl groups excluding tert-OH is 1. The Bertz CT molecular complexity index is 555. The van der Waals surface area contributed by atoms with Gasteiger partial charge in [-0.3, -0.25) is 0 Å². The Morgan fingerprint density at radius 1 is 1.24 bits per heavy atom.